The third kappa shape index (κ3) is 4.54. The van der Waals surface area contributed by atoms with Crippen LogP contribution >= 0.6 is 0 Å². The molecule has 0 saturated carbocycles. The van der Waals surface area contributed by atoms with E-state index in [0.717, 1.165) is 48.1 Å². The summed E-state index contributed by atoms with van der Waals surface area (Å²) in [7, 11) is 0. The highest BCUT2D eigenvalue weighted by molar-refractivity contribution is 5.94. The number of hydrogen-bond donors (Lipinski definition) is 1. The maximum atomic E-state index is 12.9. The van der Waals surface area contributed by atoms with Crippen molar-refractivity contribution in [3.63, 3.8) is 0 Å². The van der Waals surface area contributed by atoms with Crippen LogP contribution in [0.4, 0.5) is 4.39 Å². The van der Waals surface area contributed by atoms with Gasteiger partial charge in [-0.3, -0.25) is 4.79 Å². The Morgan fingerprint density at radius 1 is 0.933 bits per heavy atom. The number of carbonyl (C=O) groups excluding carboxylic acids is 1. The molecular weight excluding hydrogens is 379 g/mol. The summed E-state index contributed by atoms with van der Waals surface area (Å²) in [5, 5.41) is 3.93. The first-order valence-corrected chi connectivity index (χ1v) is 10.1. The van der Waals surface area contributed by atoms with E-state index >= 15 is 0 Å². The molecule has 1 N–H and O–H groups in total. The lowest BCUT2D eigenvalue weighted by molar-refractivity contribution is 0.0953. The van der Waals surface area contributed by atoms with Gasteiger partial charge >= 0.3 is 0 Å². The van der Waals surface area contributed by atoms with Crippen molar-refractivity contribution in [2.24, 2.45) is 0 Å². The van der Waals surface area contributed by atoms with Crippen molar-refractivity contribution in [1.82, 2.24) is 19.9 Å². The Hall–Kier alpha value is -3.54. The summed E-state index contributed by atoms with van der Waals surface area (Å²) >= 11 is 0. The topological polar surface area (TPSA) is 59.8 Å². The van der Waals surface area contributed by atoms with Crippen molar-refractivity contribution in [2.45, 2.75) is 25.8 Å². The molecule has 0 saturated heterocycles. The van der Waals surface area contributed by atoms with E-state index in [-0.39, 0.29) is 11.7 Å². The number of aromatic nitrogens is 3. The number of benzene rings is 2. The Kier molecular flexibility index (Phi) is 6.13. The fourth-order valence-electron chi connectivity index (χ4n) is 3.50. The third-order valence-corrected chi connectivity index (χ3v) is 5.07. The van der Waals surface area contributed by atoms with E-state index < -0.39 is 0 Å². The Balaban J connectivity index is 1.27. The van der Waals surface area contributed by atoms with Crippen LogP contribution in [0.25, 0.3) is 22.3 Å². The Labute approximate surface area is 174 Å². The van der Waals surface area contributed by atoms with E-state index in [1.807, 2.05) is 18.2 Å². The number of carbonyl (C=O) groups is 1. The van der Waals surface area contributed by atoms with Crippen molar-refractivity contribution in [2.75, 3.05) is 6.54 Å². The molecule has 0 fully saturated rings. The lowest BCUT2D eigenvalue weighted by atomic mass is 10.1. The zero-order valence-electron chi connectivity index (χ0n) is 16.6. The Bertz CT molecular complexity index is 1120. The molecule has 2 aromatic carbocycles. The molecule has 0 unspecified atom stereocenters. The zero-order valence-corrected chi connectivity index (χ0v) is 16.6. The highest BCUT2D eigenvalue weighted by Crippen LogP contribution is 2.25. The average Bonchev–Trinajstić information content (AvgIpc) is 3.20. The van der Waals surface area contributed by atoms with Crippen LogP contribution in [0.5, 0.6) is 0 Å². The molecule has 0 bridgehead atoms. The smallest absolute Gasteiger partial charge is 0.251 e. The van der Waals surface area contributed by atoms with Gasteiger partial charge < -0.3 is 9.88 Å². The molecule has 0 aliphatic rings. The van der Waals surface area contributed by atoms with Crippen molar-refractivity contribution in [1.29, 1.82) is 0 Å². The standard InChI is InChI=1S/C24H23FN4O/c25-20-11-9-19(10-12-20)24(30)26-14-5-2-6-15-29-16-13-21-22(27-17-28-23(21)29)18-7-3-1-4-8-18/h1,3-4,7-13,16-17H,2,5-6,14-15H2,(H,26,30). The SMILES string of the molecule is O=C(NCCCCCn1ccc2c(-c3ccccc3)ncnc21)c1ccc(F)cc1. The maximum Gasteiger partial charge on any atom is 0.251 e. The van der Waals surface area contributed by atoms with E-state index in [9.17, 15) is 9.18 Å². The Morgan fingerprint density at radius 2 is 1.73 bits per heavy atom. The minimum atomic E-state index is -0.342. The lowest BCUT2D eigenvalue weighted by Gasteiger charge is -2.07. The fraction of sp³-hybridized carbons (Fsp3) is 0.208. The summed E-state index contributed by atoms with van der Waals surface area (Å²) in [6, 6.07) is 17.8. The first-order chi connectivity index (χ1) is 14.7. The fourth-order valence-corrected chi connectivity index (χ4v) is 3.50. The largest absolute Gasteiger partial charge is 0.352 e. The molecule has 0 aliphatic carbocycles. The van der Waals surface area contributed by atoms with Crippen LogP contribution < -0.4 is 5.32 Å². The summed E-state index contributed by atoms with van der Waals surface area (Å²) in [6.07, 6.45) is 6.53. The summed E-state index contributed by atoms with van der Waals surface area (Å²) in [5.41, 5.74) is 3.44. The van der Waals surface area contributed by atoms with Crippen LogP contribution in [0.3, 0.4) is 0 Å². The number of unbranched alkanes of at least 4 members (excludes halogenated alkanes) is 2. The van der Waals surface area contributed by atoms with Crippen LogP contribution in [0.2, 0.25) is 0 Å². The normalized spacial score (nSPS) is 11.0. The molecule has 5 nitrogen and oxygen atoms in total. The predicted octanol–water partition coefficient (Wildman–Crippen LogP) is 4.84. The maximum absolute atomic E-state index is 12.9. The average molecular weight is 402 g/mol. The number of halogens is 1. The molecule has 0 atom stereocenters. The molecular formula is C24H23FN4O. The zero-order chi connectivity index (χ0) is 20.8. The van der Waals surface area contributed by atoms with Crippen molar-refractivity contribution < 1.29 is 9.18 Å². The number of nitrogens with one attached hydrogen (secondary N) is 1. The predicted molar refractivity (Wildman–Crippen MR) is 116 cm³/mol. The van der Waals surface area contributed by atoms with Gasteiger partial charge in [0, 0.05) is 35.8 Å². The highest BCUT2D eigenvalue weighted by atomic mass is 19.1. The van der Waals surface area contributed by atoms with Gasteiger partial charge in [0.2, 0.25) is 0 Å². The number of hydrogen-bond acceptors (Lipinski definition) is 3. The van der Waals surface area contributed by atoms with E-state index in [4.69, 9.17) is 0 Å². The molecule has 4 rings (SSSR count). The van der Waals surface area contributed by atoms with E-state index in [1.54, 1.807) is 6.33 Å². The lowest BCUT2D eigenvalue weighted by Crippen LogP contribution is -2.24. The molecule has 2 heterocycles. The molecule has 0 radical (unpaired) electrons. The minimum Gasteiger partial charge on any atom is -0.352 e. The van der Waals surface area contributed by atoms with Gasteiger partial charge in [0.15, 0.2) is 0 Å². The third-order valence-electron chi connectivity index (χ3n) is 5.07. The van der Waals surface area contributed by atoms with E-state index in [1.165, 1.54) is 24.3 Å². The summed E-state index contributed by atoms with van der Waals surface area (Å²) < 4.78 is 15.1. The van der Waals surface area contributed by atoms with Crippen molar-refractivity contribution >= 4 is 16.9 Å². The number of rotatable bonds is 8. The first kappa shape index (κ1) is 19.8. The van der Waals surface area contributed by atoms with Crippen LogP contribution in [0.15, 0.2) is 73.2 Å². The first-order valence-electron chi connectivity index (χ1n) is 10.1. The monoisotopic (exact) mass is 402 g/mol. The molecule has 4 aromatic rings. The summed E-state index contributed by atoms with van der Waals surface area (Å²) in [4.78, 5) is 21.0. The Morgan fingerprint density at radius 3 is 2.53 bits per heavy atom. The van der Waals surface area contributed by atoms with Gasteiger partial charge in [0.05, 0.1) is 5.69 Å². The molecule has 30 heavy (non-hydrogen) atoms. The molecule has 1 amide bonds. The number of aryl methyl sites for hydroxylation is 1. The number of fused-ring (bicyclic) bond motifs is 1. The number of amides is 1. The molecule has 6 heteroatoms. The second-order valence-corrected chi connectivity index (χ2v) is 7.16. The molecule has 0 aliphatic heterocycles. The molecule has 2 aromatic heterocycles. The van der Waals surface area contributed by atoms with Crippen LogP contribution in [-0.2, 0) is 6.54 Å². The van der Waals surface area contributed by atoms with Crippen molar-refractivity contribution in [3.8, 4) is 11.3 Å². The van der Waals surface area contributed by atoms with Crippen molar-refractivity contribution in [3.05, 3.63) is 84.6 Å². The summed E-state index contributed by atoms with van der Waals surface area (Å²) in [6.45, 7) is 1.46. The van der Waals surface area contributed by atoms with Gasteiger partial charge in [-0.05, 0) is 49.6 Å². The van der Waals surface area contributed by atoms with Gasteiger partial charge in [0.25, 0.3) is 5.91 Å². The molecule has 152 valence electrons. The van der Waals surface area contributed by atoms with Crippen LogP contribution in [0, 0.1) is 5.82 Å². The highest BCUT2D eigenvalue weighted by Gasteiger charge is 2.10. The quantitative estimate of drug-likeness (QED) is 0.429. The van der Waals surface area contributed by atoms with Gasteiger partial charge in [-0.1, -0.05) is 30.3 Å². The van der Waals surface area contributed by atoms with E-state index in [2.05, 4.69) is 44.2 Å². The van der Waals surface area contributed by atoms with E-state index in [0.29, 0.717) is 12.1 Å². The molecule has 0 spiro atoms. The number of nitrogens with zero attached hydrogens (tertiary/aromatic N) is 3. The van der Waals surface area contributed by atoms with Crippen LogP contribution in [-0.4, -0.2) is 27.0 Å². The second kappa shape index (κ2) is 9.31. The van der Waals surface area contributed by atoms with Gasteiger partial charge in [-0.25, -0.2) is 14.4 Å². The van der Waals surface area contributed by atoms with Gasteiger partial charge in [-0.2, -0.15) is 0 Å². The van der Waals surface area contributed by atoms with Crippen LogP contribution in [0.1, 0.15) is 29.6 Å². The minimum absolute atomic E-state index is 0.170. The summed E-state index contributed by atoms with van der Waals surface area (Å²) in [5.74, 6) is -0.512. The second-order valence-electron chi connectivity index (χ2n) is 7.16. The van der Waals surface area contributed by atoms with Gasteiger partial charge in [-0.15, -0.1) is 0 Å². The van der Waals surface area contributed by atoms with Gasteiger partial charge in [0.1, 0.15) is 17.8 Å².